The van der Waals surface area contributed by atoms with Gasteiger partial charge in [0.2, 0.25) is 0 Å². The van der Waals surface area contributed by atoms with Crippen molar-refractivity contribution < 1.29 is 4.79 Å². The third kappa shape index (κ3) is 3.81. The number of carbonyl (C=O) groups is 1. The second-order valence-corrected chi connectivity index (χ2v) is 7.38. The average Bonchev–Trinajstić information content (AvgIpc) is 2.84. The molecule has 5 aromatic rings. The summed E-state index contributed by atoms with van der Waals surface area (Å²) in [5.41, 5.74) is 6.42. The first-order valence-electron chi connectivity index (χ1n) is 10.2. The minimum absolute atomic E-state index is 0.236. The van der Waals surface area contributed by atoms with E-state index in [1.807, 2.05) is 78.9 Å². The van der Waals surface area contributed by atoms with E-state index in [0.717, 1.165) is 38.2 Å². The molecule has 1 amide bonds. The predicted octanol–water partition coefficient (Wildman–Crippen LogP) is 6.42. The Labute approximate surface area is 180 Å². The van der Waals surface area contributed by atoms with Crippen molar-refractivity contribution in [2.24, 2.45) is 5.10 Å². The average molecular weight is 400 g/mol. The summed E-state index contributed by atoms with van der Waals surface area (Å²) < 4.78 is 0. The van der Waals surface area contributed by atoms with E-state index in [2.05, 4.69) is 40.9 Å². The molecule has 0 aliphatic rings. The van der Waals surface area contributed by atoms with E-state index in [1.165, 1.54) is 0 Å². The summed E-state index contributed by atoms with van der Waals surface area (Å²) in [6.07, 6.45) is 1.74. The summed E-state index contributed by atoms with van der Waals surface area (Å²) >= 11 is 0. The molecule has 0 bridgehead atoms. The molecule has 0 heterocycles. The van der Waals surface area contributed by atoms with Crippen LogP contribution in [0.25, 0.3) is 32.7 Å². The lowest BCUT2D eigenvalue weighted by molar-refractivity contribution is 0.0955. The molecule has 0 spiro atoms. The fraction of sp³-hybridized carbons (Fsp3) is 0. The van der Waals surface area contributed by atoms with E-state index in [-0.39, 0.29) is 5.91 Å². The van der Waals surface area contributed by atoms with Crippen LogP contribution in [-0.2, 0) is 0 Å². The first-order chi connectivity index (χ1) is 15.3. The molecule has 31 heavy (non-hydrogen) atoms. The molecule has 0 fully saturated rings. The van der Waals surface area contributed by atoms with Crippen LogP contribution in [0.1, 0.15) is 15.9 Å². The molecule has 0 unspecified atom stereocenters. The van der Waals surface area contributed by atoms with Crippen molar-refractivity contribution in [2.75, 3.05) is 0 Å². The van der Waals surface area contributed by atoms with Crippen molar-refractivity contribution in [2.45, 2.75) is 0 Å². The van der Waals surface area contributed by atoms with Crippen LogP contribution >= 0.6 is 0 Å². The van der Waals surface area contributed by atoms with Crippen LogP contribution in [0.4, 0.5) is 0 Å². The lowest BCUT2D eigenvalue weighted by Gasteiger charge is -2.08. The van der Waals surface area contributed by atoms with Crippen LogP contribution in [0, 0.1) is 0 Å². The molecule has 0 radical (unpaired) electrons. The van der Waals surface area contributed by atoms with Crippen molar-refractivity contribution in [1.82, 2.24) is 5.43 Å². The Balaban J connectivity index is 1.40. The number of hydrazone groups is 1. The van der Waals surface area contributed by atoms with Gasteiger partial charge in [-0.05, 0) is 50.9 Å². The summed E-state index contributed by atoms with van der Waals surface area (Å²) in [6.45, 7) is 0. The summed E-state index contributed by atoms with van der Waals surface area (Å²) in [4.78, 5) is 12.6. The Morgan fingerprint density at radius 3 is 1.84 bits per heavy atom. The maximum absolute atomic E-state index is 12.6. The number of carbonyl (C=O) groups excluding carboxylic acids is 1. The van der Waals surface area contributed by atoms with Gasteiger partial charge in [0, 0.05) is 11.1 Å². The second-order valence-electron chi connectivity index (χ2n) is 7.38. The molecule has 0 aliphatic carbocycles. The maximum atomic E-state index is 12.6. The van der Waals surface area contributed by atoms with Gasteiger partial charge in [-0.25, -0.2) is 5.43 Å². The SMILES string of the molecule is O=C(NN=Cc1c2ccccc2cc2ccccc12)c1ccc(-c2ccccc2)cc1. The van der Waals surface area contributed by atoms with Crippen LogP contribution in [0.2, 0.25) is 0 Å². The molecular formula is C28H20N2O. The minimum Gasteiger partial charge on any atom is -0.267 e. The Morgan fingerprint density at radius 1 is 0.645 bits per heavy atom. The summed E-state index contributed by atoms with van der Waals surface area (Å²) in [7, 11) is 0. The molecule has 5 rings (SSSR count). The van der Waals surface area contributed by atoms with E-state index < -0.39 is 0 Å². The predicted molar refractivity (Wildman–Crippen MR) is 128 cm³/mol. The number of benzene rings is 5. The highest BCUT2D eigenvalue weighted by Gasteiger charge is 2.07. The van der Waals surface area contributed by atoms with Gasteiger partial charge >= 0.3 is 0 Å². The lowest BCUT2D eigenvalue weighted by Crippen LogP contribution is -2.17. The molecule has 148 valence electrons. The molecule has 3 heteroatoms. The first-order valence-corrected chi connectivity index (χ1v) is 10.2. The van der Waals surface area contributed by atoms with Crippen LogP contribution in [0.5, 0.6) is 0 Å². The Morgan fingerprint density at radius 2 is 1.19 bits per heavy atom. The number of nitrogens with one attached hydrogen (secondary N) is 1. The van der Waals surface area contributed by atoms with Gasteiger partial charge < -0.3 is 0 Å². The fourth-order valence-electron chi connectivity index (χ4n) is 3.85. The van der Waals surface area contributed by atoms with Gasteiger partial charge in [0.25, 0.3) is 5.91 Å². The van der Waals surface area contributed by atoms with Gasteiger partial charge in [-0.3, -0.25) is 4.79 Å². The van der Waals surface area contributed by atoms with Crippen molar-refractivity contribution in [1.29, 1.82) is 0 Å². The van der Waals surface area contributed by atoms with Crippen LogP contribution < -0.4 is 5.43 Å². The van der Waals surface area contributed by atoms with E-state index in [0.29, 0.717) is 5.56 Å². The van der Waals surface area contributed by atoms with Gasteiger partial charge in [0.1, 0.15) is 0 Å². The molecule has 1 N–H and O–H groups in total. The highest BCUT2D eigenvalue weighted by Crippen LogP contribution is 2.27. The number of fused-ring (bicyclic) bond motifs is 2. The minimum atomic E-state index is -0.236. The normalized spacial score (nSPS) is 11.2. The number of rotatable bonds is 4. The van der Waals surface area contributed by atoms with Crippen molar-refractivity contribution in [3.8, 4) is 11.1 Å². The topological polar surface area (TPSA) is 41.5 Å². The largest absolute Gasteiger partial charge is 0.271 e. The highest BCUT2D eigenvalue weighted by molar-refractivity contribution is 6.13. The quantitative estimate of drug-likeness (QED) is 0.211. The number of hydrogen-bond donors (Lipinski definition) is 1. The maximum Gasteiger partial charge on any atom is 0.271 e. The smallest absolute Gasteiger partial charge is 0.267 e. The Hall–Kier alpha value is -4.24. The zero-order chi connectivity index (χ0) is 21.0. The third-order valence-corrected chi connectivity index (χ3v) is 5.43. The lowest BCUT2D eigenvalue weighted by atomic mass is 9.97. The van der Waals surface area contributed by atoms with Gasteiger partial charge in [-0.1, -0.05) is 91.0 Å². The molecule has 0 atom stereocenters. The monoisotopic (exact) mass is 400 g/mol. The van der Waals surface area contributed by atoms with Gasteiger partial charge in [-0.2, -0.15) is 5.10 Å². The molecule has 0 saturated carbocycles. The van der Waals surface area contributed by atoms with E-state index in [4.69, 9.17) is 0 Å². The summed E-state index contributed by atoms with van der Waals surface area (Å²) in [6, 6.07) is 36.2. The fourth-order valence-corrected chi connectivity index (χ4v) is 3.85. The van der Waals surface area contributed by atoms with Crippen molar-refractivity contribution in [3.05, 3.63) is 120 Å². The first kappa shape index (κ1) is 18.8. The van der Waals surface area contributed by atoms with E-state index in [1.54, 1.807) is 6.21 Å². The second kappa shape index (κ2) is 8.25. The standard InChI is InChI=1S/C28H20N2O/c31-28(22-16-14-21(15-17-22)20-8-2-1-3-9-20)30-29-19-27-25-12-6-4-10-23(25)18-24-11-5-7-13-26(24)27/h1-19H,(H,30,31). The molecule has 3 nitrogen and oxygen atoms in total. The number of hydrogen-bond acceptors (Lipinski definition) is 2. The molecule has 0 aromatic heterocycles. The van der Waals surface area contributed by atoms with E-state index in [9.17, 15) is 4.79 Å². The number of amides is 1. The van der Waals surface area contributed by atoms with Crippen molar-refractivity contribution in [3.63, 3.8) is 0 Å². The van der Waals surface area contributed by atoms with Crippen molar-refractivity contribution >= 4 is 33.7 Å². The zero-order valence-electron chi connectivity index (χ0n) is 16.8. The Kier molecular flexibility index (Phi) is 4.99. The third-order valence-electron chi connectivity index (χ3n) is 5.43. The molecular weight excluding hydrogens is 380 g/mol. The summed E-state index contributed by atoms with van der Waals surface area (Å²) in [5, 5.41) is 8.77. The molecule has 0 saturated heterocycles. The molecule has 0 aliphatic heterocycles. The number of nitrogens with zero attached hydrogens (tertiary/aromatic N) is 1. The summed E-state index contributed by atoms with van der Waals surface area (Å²) in [5.74, 6) is -0.236. The van der Waals surface area contributed by atoms with Gasteiger partial charge in [-0.15, -0.1) is 0 Å². The zero-order valence-corrected chi connectivity index (χ0v) is 16.8. The van der Waals surface area contributed by atoms with Crippen LogP contribution in [0.15, 0.2) is 114 Å². The van der Waals surface area contributed by atoms with Crippen LogP contribution in [-0.4, -0.2) is 12.1 Å². The van der Waals surface area contributed by atoms with Gasteiger partial charge in [0.05, 0.1) is 6.21 Å². The molecule has 5 aromatic carbocycles. The van der Waals surface area contributed by atoms with Crippen LogP contribution in [0.3, 0.4) is 0 Å². The van der Waals surface area contributed by atoms with E-state index >= 15 is 0 Å². The highest BCUT2D eigenvalue weighted by atomic mass is 16.2. The Bertz CT molecular complexity index is 1350. The van der Waals surface area contributed by atoms with Gasteiger partial charge in [0.15, 0.2) is 0 Å².